The average Bonchev–Trinajstić information content (AvgIpc) is 3.39. The molecule has 2 N–H and O–H groups in total. The smallest absolute Gasteiger partial charge is 0.269 e. The van der Waals surface area contributed by atoms with Crippen LogP contribution in [-0.4, -0.2) is 35.9 Å². The quantitative estimate of drug-likeness (QED) is 0.566. The summed E-state index contributed by atoms with van der Waals surface area (Å²) < 4.78 is 14.6. The Bertz CT molecular complexity index is 1060. The Labute approximate surface area is 153 Å². The highest BCUT2D eigenvalue weighted by Crippen LogP contribution is 2.18. The predicted octanol–water partition coefficient (Wildman–Crippen LogP) is 2.12. The molecular formula is C18H14FN7O. The van der Waals surface area contributed by atoms with Crippen molar-refractivity contribution >= 4 is 5.91 Å². The molecule has 9 heteroatoms. The molecule has 1 amide bonds. The van der Waals surface area contributed by atoms with Gasteiger partial charge >= 0.3 is 0 Å². The van der Waals surface area contributed by atoms with E-state index in [1.54, 1.807) is 30.5 Å². The Kier molecular flexibility index (Phi) is 4.40. The summed E-state index contributed by atoms with van der Waals surface area (Å²) in [5, 5.41) is 13.7. The first-order chi connectivity index (χ1) is 13.2. The normalized spacial score (nSPS) is 10.7. The molecule has 0 aliphatic rings. The number of nitrogens with one attached hydrogen (secondary N) is 2. The molecule has 134 valence electrons. The van der Waals surface area contributed by atoms with E-state index in [0.29, 0.717) is 22.8 Å². The van der Waals surface area contributed by atoms with Crippen molar-refractivity contribution in [3.8, 4) is 17.1 Å². The van der Waals surface area contributed by atoms with Gasteiger partial charge in [0.1, 0.15) is 24.2 Å². The number of H-pyrrole nitrogens is 1. The minimum absolute atomic E-state index is 0.257. The van der Waals surface area contributed by atoms with Crippen LogP contribution < -0.4 is 5.32 Å². The van der Waals surface area contributed by atoms with Crippen molar-refractivity contribution in [3.05, 3.63) is 78.4 Å². The molecule has 0 aliphatic carbocycles. The van der Waals surface area contributed by atoms with Crippen LogP contribution in [0.1, 0.15) is 16.1 Å². The molecule has 27 heavy (non-hydrogen) atoms. The van der Waals surface area contributed by atoms with Crippen molar-refractivity contribution in [2.75, 3.05) is 0 Å². The van der Waals surface area contributed by atoms with E-state index >= 15 is 0 Å². The lowest BCUT2D eigenvalue weighted by Gasteiger charge is -2.08. The van der Waals surface area contributed by atoms with Gasteiger partial charge in [0.2, 0.25) is 0 Å². The summed E-state index contributed by atoms with van der Waals surface area (Å²) in [6, 6.07) is 11.1. The fraction of sp³-hybridized carbons (Fsp3) is 0.0556. The summed E-state index contributed by atoms with van der Waals surface area (Å²) in [5.74, 6) is -0.0527. The molecule has 0 spiro atoms. The number of rotatable bonds is 5. The molecule has 0 atom stereocenters. The summed E-state index contributed by atoms with van der Waals surface area (Å²) in [4.78, 5) is 20.6. The Morgan fingerprint density at radius 3 is 2.85 bits per heavy atom. The first kappa shape index (κ1) is 16.6. The van der Waals surface area contributed by atoms with Crippen LogP contribution in [0, 0.1) is 5.82 Å². The van der Waals surface area contributed by atoms with Crippen molar-refractivity contribution in [1.82, 2.24) is 35.3 Å². The lowest BCUT2D eigenvalue weighted by Crippen LogP contribution is -2.24. The highest BCUT2D eigenvalue weighted by atomic mass is 19.1. The molecule has 1 aromatic carbocycles. The number of benzene rings is 1. The minimum Gasteiger partial charge on any atom is -0.346 e. The number of halogens is 1. The van der Waals surface area contributed by atoms with E-state index in [1.165, 1.54) is 29.5 Å². The zero-order valence-corrected chi connectivity index (χ0v) is 14.0. The number of hydrogen-bond donors (Lipinski definition) is 2. The molecule has 3 heterocycles. The van der Waals surface area contributed by atoms with Gasteiger partial charge in [0, 0.05) is 23.9 Å². The fourth-order valence-corrected chi connectivity index (χ4v) is 2.57. The van der Waals surface area contributed by atoms with Gasteiger partial charge in [-0.05, 0) is 36.4 Å². The standard InChI is InChI=1S/C18H14FN7O/c19-14-5-3-12(4-6-14)15-8-16(25-24-15)18(27)22-9-13-2-1-7-21-17(13)26-11-20-10-23-26/h1-8,10-11H,9H2,(H,22,27)(H,24,25). The zero-order valence-electron chi connectivity index (χ0n) is 14.0. The predicted molar refractivity (Wildman–Crippen MR) is 94.3 cm³/mol. The summed E-state index contributed by atoms with van der Waals surface area (Å²) >= 11 is 0. The fourth-order valence-electron chi connectivity index (χ4n) is 2.57. The van der Waals surface area contributed by atoms with Gasteiger partial charge < -0.3 is 5.32 Å². The number of aromatic amines is 1. The Morgan fingerprint density at radius 2 is 2.07 bits per heavy atom. The largest absolute Gasteiger partial charge is 0.346 e. The van der Waals surface area contributed by atoms with E-state index in [1.807, 2.05) is 6.07 Å². The van der Waals surface area contributed by atoms with Gasteiger partial charge in [-0.2, -0.15) is 10.2 Å². The van der Waals surface area contributed by atoms with Gasteiger partial charge in [-0.25, -0.2) is 19.0 Å². The van der Waals surface area contributed by atoms with Crippen molar-refractivity contribution in [2.24, 2.45) is 0 Å². The summed E-state index contributed by atoms with van der Waals surface area (Å²) in [6.45, 7) is 0.257. The third-order valence-corrected chi connectivity index (χ3v) is 3.91. The molecule has 0 radical (unpaired) electrons. The third-order valence-electron chi connectivity index (χ3n) is 3.91. The number of nitrogens with zero attached hydrogens (tertiary/aromatic N) is 5. The minimum atomic E-state index is -0.327. The van der Waals surface area contributed by atoms with E-state index in [4.69, 9.17) is 0 Å². The number of hydrogen-bond acceptors (Lipinski definition) is 5. The third kappa shape index (κ3) is 3.56. The first-order valence-electron chi connectivity index (χ1n) is 8.09. The molecule has 0 unspecified atom stereocenters. The van der Waals surface area contributed by atoms with Gasteiger partial charge in [-0.1, -0.05) is 6.07 Å². The molecule has 8 nitrogen and oxygen atoms in total. The molecule has 0 aliphatic heterocycles. The summed E-state index contributed by atoms with van der Waals surface area (Å²) in [5.41, 5.74) is 2.37. The number of carbonyl (C=O) groups is 1. The topological polar surface area (TPSA) is 101 Å². The number of carbonyl (C=O) groups excluding carboxylic acids is 1. The van der Waals surface area contributed by atoms with Crippen molar-refractivity contribution in [1.29, 1.82) is 0 Å². The lowest BCUT2D eigenvalue weighted by molar-refractivity contribution is 0.0946. The molecule has 0 bridgehead atoms. The zero-order chi connectivity index (χ0) is 18.6. The number of amides is 1. The van der Waals surface area contributed by atoms with Crippen LogP contribution in [0.3, 0.4) is 0 Å². The van der Waals surface area contributed by atoms with Crippen LogP contribution in [-0.2, 0) is 6.54 Å². The second-order valence-electron chi connectivity index (χ2n) is 5.68. The Balaban J connectivity index is 1.47. The van der Waals surface area contributed by atoms with E-state index in [9.17, 15) is 9.18 Å². The molecule has 4 rings (SSSR count). The lowest BCUT2D eigenvalue weighted by atomic mass is 10.1. The maximum absolute atomic E-state index is 13.0. The van der Waals surface area contributed by atoms with Crippen LogP contribution in [0.2, 0.25) is 0 Å². The van der Waals surface area contributed by atoms with Crippen LogP contribution in [0.25, 0.3) is 17.1 Å². The second-order valence-corrected chi connectivity index (χ2v) is 5.68. The maximum Gasteiger partial charge on any atom is 0.269 e. The molecule has 4 aromatic rings. The SMILES string of the molecule is O=C(NCc1cccnc1-n1cncn1)c1cc(-c2ccc(F)cc2)n[nH]1. The van der Waals surface area contributed by atoms with Crippen molar-refractivity contribution in [3.63, 3.8) is 0 Å². The Morgan fingerprint density at radius 1 is 1.22 bits per heavy atom. The van der Waals surface area contributed by atoms with Crippen molar-refractivity contribution in [2.45, 2.75) is 6.54 Å². The summed E-state index contributed by atoms with van der Waals surface area (Å²) in [6.07, 6.45) is 4.60. The van der Waals surface area contributed by atoms with Crippen LogP contribution in [0.4, 0.5) is 4.39 Å². The summed E-state index contributed by atoms with van der Waals surface area (Å²) in [7, 11) is 0. The van der Waals surface area contributed by atoms with Gasteiger partial charge in [-0.15, -0.1) is 0 Å². The van der Waals surface area contributed by atoms with Gasteiger partial charge in [0.25, 0.3) is 5.91 Å². The van der Waals surface area contributed by atoms with Gasteiger partial charge in [0.15, 0.2) is 5.82 Å². The maximum atomic E-state index is 13.0. The van der Waals surface area contributed by atoms with Crippen LogP contribution in [0.15, 0.2) is 61.3 Å². The van der Waals surface area contributed by atoms with E-state index in [-0.39, 0.29) is 18.3 Å². The molecule has 3 aromatic heterocycles. The molecule has 0 saturated carbocycles. The molecule has 0 saturated heterocycles. The van der Waals surface area contributed by atoms with Gasteiger partial charge in [-0.3, -0.25) is 9.89 Å². The molecule has 0 fully saturated rings. The van der Waals surface area contributed by atoms with E-state index in [2.05, 4.69) is 30.6 Å². The van der Waals surface area contributed by atoms with Crippen LogP contribution >= 0.6 is 0 Å². The van der Waals surface area contributed by atoms with E-state index in [0.717, 1.165) is 5.56 Å². The Hall–Kier alpha value is -3.88. The highest BCUT2D eigenvalue weighted by molar-refractivity contribution is 5.93. The highest BCUT2D eigenvalue weighted by Gasteiger charge is 2.13. The second kappa shape index (κ2) is 7.16. The van der Waals surface area contributed by atoms with Crippen LogP contribution in [0.5, 0.6) is 0 Å². The first-order valence-corrected chi connectivity index (χ1v) is 8.09. The van der Waals surface area contributed by atoms with E-state index < -0.39 is 0 Å². The average molecular weight is 363 g/mol. The number of aromatic nitrogens is 6. The molecular weight excluding hydrogens is 349 g/mol. The van der Waals surface area contributed by atoms with Gasteiger partial charge in [0.05, 0.1) is 5.69 Å². The monoisotopic (exact) mass is 363 g/mol. The number of pyridine rings is 1. The van der Waals surface area contributed by atoms with Crippen molar-refractivity contribution < 1.29 is 9.18 Å².